The molecule has 6 nitrogen and oxygen atoms in total. The summed E-state index contributed by atoms with van der Waals surface area (Å²) in [6, 6.07) is 4.59. The molecule has 1 aliphatic heterocycles. The van der Waals surface area contributed by atoms with Gasteiger partial charge in [0.25, 0.3) is 0 Å². The maximum atomic E-state index is 14.2. The van der Waals surface area contributed by atoms with E-state index in [1.54, 1.807) is 12.4 Å². The van der Waals surface area contributed by atoms with Gasteiger partial charge in [-0.1, -0.05) is 24.6 Å². The van der Waals surface area contributed by atoms with Gasteiger partial charge in [0.1, 0.15) is 18.0 Å². The number of hydrogen-bond donors (Lipinski definition) is 1. The van der Waals surface area contributed by atoms with Crippen LogP contribution in [-0.2, 0) is 11.2 Å². The molecule has 2 N–H and O–H groups in total. The van der Waals surface area contributed by atoms with E-state index >= 15 is 0 Å². The van der Waals surface area contributed by atoms with Crippen LogP contribution in [0.25, 0.3) is 0 Å². The number of nitrogens with two attached hydrogens (primary N) is 1. The van der Waals surface area contributed by atoms with Gasteiger partial charge in [-0.3, -0.25) is 4.79 Å². The molecule has 0 radical (unpaired) electrons. The number of amides is 1. The van der Waals surface area contributed by atoms with E-state index in [0.29, 0.717) is 44.1 Å². The molecule has 2 aromatic rings. The van der Waals surface area contributed by atoms with Crippen LogP contribution in [-0.4, -0.2) is 52.5 Å². The van der Waals surface area contributed by atoms with Gasteiger partial charge >= 0.3 is 0 Å². The number of fused-ring (bicyclic) bond motifs is 1. The maximum Gasteiger partial charge on any atom is 0.230 e. The summed E-state index contributed by atoms with van der Waals surface area (Å²) in [4.78, 5) is 26.7. The predicted molar refractivity (Wildman–Crippen MR) is 139 cm³/mol. The Labute approximate surface area is 218 Å². The molecule has 0 saturated carbocycles. The lowest BCUT2D eigenvalue weighted by atomic mass is 9.85. The molecule has 1 amide bonds. The summed E-state index contributed by atoms with van der Waals surface area (Å²) in [6.45, 7) is 8.57. The van der Waals surface area contributed by atoms with Gasteiger partial charge < -0.3 is 15.5 Å². The van der Waals surface area contributed by atoms with E-state index in [9.17, 15) is 9.18 Å². The van der Waals surface area contributed by atoms with Gasteiger partial charge in [0.15, 0.2) is 0 Å². The molecule has 1 fully saturated rings. The number of aryl methyl sites for hydroxylation is 1. The molecule has 2 atom stereocenters. The second kappa shape index (κ2) is 11.4. The molecule has 0 bridgehead atoms. The van der Waals surface area contributed by atoms with Crippen LogP contribution >= 0.6 is 36.4 Å². The van der Waals surface area contributed by atoms with Crippen LogP contribution in [0.15, 0.2) is 24.5 Å². The van der Waals surface area contributed by atoms with Crippen molar-refractivity contribution in [3.63, 3.8) is 0 Å². The molecule has 2 heterocycles. The number of piperazine rings is 1. The van der Waals surface area contributed by atoms with E-state index in [4.69, 9.17) is 17.3 Å². The first-order valence-corrected chi connectivity index (χ1v) is 11.6. The Morgan fingerprint density at radius 1 is 1.24 bits per heavy atom. The molecule has 1 unspecified atom stereocenters. The molecule has 34 heavy (non-hydrogen) atoms. The van der Waals surface area contributed by atoms with E-state index < -0.39 is 17.3 Å². The van der Waals surface area contributed by atoms with E-state index in [-0.39, 0.29) is 35.7 Å². The Bertz CT molecular complexity index is 1010. The van der Waals surface area contributed by atoms with Crippen molar-refractivity contribution in [2.75, 3.05) is 31.1 Å². The molecule has 10 heteroatoms. The summed E-state index contributed by atoms with van der Waals surface area (Å²) in [5, 5.41) is 0.0483. The lowest BCUT2D eigenvalue weighted by Crippen LogP contribution is -2.51. The van der Waals surface area contributed by atoms with Gasteiger partial charge in [0.05, 0.1) is 10.9 Å². The lowest BCUT2D eigenvalue weighted by molar-refractivity contribution is -0.133. The van der Waals surface area contributed by atoms with Gasteiger partial charge in [0, 0.05) is 43.0 Å². The smallest absolute Gasteiger partial charge is 0.230 e. The minimum absolute atomic E-state index is 0. The Hall–Kier alpha value is -1.67. The molecule has 1 aromatic heterocycles. The number of rotatable bonds is 5. The van der Waals surface area contributed by atoms with Crippen molar-refractivity contribution in [3.05, 3.63) is 52.2 Å². The summed E-state index contributed by atoms with van der Waals surface area (Å²) in [7, 11) is 0. The van der Waals surface area contributed by atoms with E-state index in [1.807, 2.05) is 18.7 Å². The zero-order chi connectivity index (χ0) is 23.0. The normalized spacial score (nSPS) is 18.6. The summed E-state index contributed by atoms with van der Waals surface area (Å²) >= 11 is 5.86. The Morgan fingerprint density at radius 2 is 1.91 bits per heavy atom. The van der Waals surface area contributed by atoms with Crippen molar-refractivity contribution < 1.29 is 9.18 Å². The highest BCUT2D eigenvalue weighted by atomic mass is 35.5. The third kappa shape index (κ3) is 6.11. The summed E-state index contributed by atoms with van der Waals surface area (Å²) < 4.78 is 14.2. The molecule has 1 aromatic carbocycles. The number of nitrogens with zero attached hydrogens (tertiary/aromatic N) is 4. The van der Waals surface area contributed by atoms with E-state index in [0.717, 1.165) is 24.4 Å². The predicted octanol–water partition coefficient (Wildman–Crippen LogP) is 4.72. The van der Waals surface area contributed by atoms with Crippen LogP contribution in [0.4, 0.5) is 10.2 Å². The number of carbonyl (C=O) groups excluding carboxylic acids is 1. The number of halogens is 4. The zero-order valence-electron chi connectivity index (χ0n) is 19.8. The third-order valence-electron chi connectivity index (χ3n) is 6.52. The van der Waals surface area contributed by atoms with Crippen molar-refractivity contribution in [2.24, 2.45) is 5.73 Å². The second-order valence-electron chi connectivity index (χ2n) is 9.73. The van der Waals surface area contributed by atoms with Crippen LogP contribution < -0.4 is 10.6 Å². The topological polar surface area (TPSA) is 75.4 Å². The first-order chi connectivity index (χ1) is 15.1. The van der Waals surface area contributed by atoms with Crippen molar-refractivity contribution >= 4 is 48.1 Å². The number of anilines is 1. The minimum atomic E-state index is -0.573. The van der Waals surface area contributed by atoms with Gasteiger partial charge in [-0.15, -0.1) is 24.8 Å². The Balaban J connectivity index is 0.00000204. The largest absolute Gasteiger partial charge is 0.353 e. The molecule has 1 saturated heterocycles. The first-order valence-electron chi connectivity index (χ1n) is 11.3. The molecule has 0 spiro atoms. The number of hydrogen-bond acceptors (Lipinski definition) is 5. The molecule has 1 aliphatic carbocycles. The summed E-state index contributed by atoms with van der Waals surface area (Å²) in [5.41, 5.74) is 8.70. The highest BCUT2D eigenvalue weighted by molar-refractivity contribution is 6.30. The summed E-state index contributed by atoms with van der Waals surface area (Å²) in [6.07, 6.45) is 4.18. The van der Waals surface area contributed by atoms with Gasteiger partial charge in [0.2, 0.25) is 5.91 Å². The van der Waals surface area contributed by atoms with Crippen LogP contribution in [0.1, 0.15) is 62.3 Å². The number of aromatic nitrogens is 2. The van der Waals surface area contributed by atoms with E-state index in [2.05, 4.69) is 21.8 Å². The van der Waals surface area contributed by atoms with Gasteiger partial charge in [-0.05, 0) is 56.7 Å². The van der Waals surface area contributed by atoms with Crippen LogP contribution in [0, 0.1) is 5.82 Å². The maximum absolute atomic E-state index is 14.2. The third-order valence-corrected chi connectivity index (χ3v) is 6.82. The quantitative estimate of drug-likeness (QED) is 0.603. The molecule has 2 aliphatic rings. The molecular formula is C24H33Cl3FN5O. The van der Waals surface area contributed by atoms with Crippen molar-refractivity contribution in [1.29, 1.82) is 0 Å². The van der Waals surface area contributed by atoms with Crippen LogP contribution in [0.2, 0.25) is 5.02 Å². The number of carbonyl (C=O) groups is 1. The van der Waals surface area contributed by atoms with Crippen molar-refractivity contribution in [3.8, 4) is 0 Å². The second-order valence-corrected chi connectivity index (χ2v) is 10.1. The van der Waals surface area contributed by atoms with Crippen molar-refractivity contribution in [1.82, 2.24) is 14.9 Å². The fourth-order valence-corrected chi connectivity index (χ4v) is 4.95. The Kier molecular flexibility index (Phi) is 9.56. The fraction of sp³-hybridized carbons (Fsp3) is 0.542. The first kappa shape index (κ1) is 28.6. The van der Waals surface area contributed by atoms with Gasteiger partial charge in [-0.25, -0.2) is 14.4 Å². The Morgan fingerprint density at radius 3 is 2.53 bits per heavy atom. The average molecular weight is 533 g/mol. The van der Waals surface area contributed by atoms with Crippen LogP contribution in [0.5, 0.6) is 0 Å². The number of benzene rings is 1. The molecule has 188 valence electrons. The van der Waals surface area contributed by atoms with Crippen molar-refractivity contribution in [2.45, 2.75) is 57.4 Å². The average Bonchev–Trinajstić information content (AvgIpc) is 3.14. The standard InChI is InChI=1S/C24H31ClFN5O.2ClH/c1-15-4-7-20-21(15)22(29-14-28-20)30-8-10-31(11-9-30)23(32)17(13-24(2,3)27)16-5-6-18(25)19(26)12-16;;/h5-6,12,14-15,17H,4,7-11,13,27H2,1-3H3;2*1H/t15-,17?;;/m1../s1. The van der Waals surface area contributed by atoms with Gasteiger partial charge in [-0.2, -0.15) is 0 Å². The lowest BCUT2D eigenvalue weighted by Gasteiger charge is -2.38. The minimum Gasteiger partial charge on any atom is -0.353 e. The molecular weight excluding hydrogens is 500 g/mol. The highest BCUT2D eigenvalue weighted by Crippen LogP contribution is 2.37. The SMILES string of the molecule is C[C@@H]1CCc2ncnc(N3CCN(C(=O)C(CC(C)(C)N)c4ccc(Cl)c(F)c4)CC3)c21.Cl.Cl. The fourth-order valence-electron chi connectivity index (χ4n) is 4.84. The zero-order valence-corrected chi connectivity index (χ0v) is 22.1. The monoisotopic (exact) mass is 531 g/mol. The van der Waals surface area contributed by atoms with E-state index in [1.165, 1.54) is 17.7 Å². The molecule has 4 rings (SSSR count). The van der Waals surface area contributed by atoms with Crippen LogP contribution in [0.3, 0.4) is 0 Å². The highest BCUT2D eigenvalue weighted by Gasteiger charge is 2.34. The summed E-state index contributed by atoms with van der Waals surface area (Å²) in [5.74, 6) is 0.402.